The Morgan fingerprint density at radius 2 is 1.94 bits per heavy atom. The average Bonchev–Trinajstić information content (AvgIpc) is 2.29. The van der Waals surface area contributed by atoms with Crippen LogP contribution < -0.4 is 4.90 Å². The molecule has 5 heteroatoms. The van der Waals surface area contributed by atoms with E-state index in [1.165, 1.54) is 0 Å². The average molecular weight is 268 g/mol. The van der Waals surface area contributed by atoms with E-state index in [9.17, 15) is 0 Å². The van der Waals surface area contributed by atoms with Gasteiger partial charge in [-0.1, -0.05) is 35.3 Å². The fourth-order valence-corrected chi connectivity index (χ4v) is 1.82. The normalized spacial score (nSPS) is 10.3. The van der Waals surface area contributed by atoms with Crippen molar-refractivity contribution in [2.75, 3.05) is 11.9 Å². The summed E-state index contributed by atoms with van der Waals surface area (Å²) < 4.78 is 0. The molecule has 1 aromatic heterocycles. The van der Waals surface area contributed by atoms with Crippen molar-refractivity contribution in [1.82, 2.24) is 10.2 Å². The molecule has 0 fully saturated rings. The molecule has 0 atom stereocenters. The van der Waals surface area contributed by atoms with Gasteiger partial charge in [-0.3, -0.25) is 0 Å². The number of halogens is 2. The molecule has 0 aliphatic rings. The predicted octanol–water partition coefficient (Wildman–Crippen LogP) is 3.42. The van der Waals surface area contributed by atoms with Crippen LogP contribution in [0.2, 0.25) is 10.2 Å². The molecule has 0 unspecified atom stereocenters. The van der Waals surface area contributed by atoms with Crippen LogP contribution in [0, 0.1) is 0 Å². The van der Waals surface area contributed by atoms with Gasteiger partial charge >= 0.3 is 0 Å². The lowest BCUT2D eigenvalue weighted by Gasteiger charge is -2.17. The van der Waals surface area contributed by atoms with Gasteiger partial charge < -0.3 is 4.90 Å². The highest BCUT2D eigenvalue weighted by molar-refractivity contribution is 6.30. The van der Waals surface area contributed by atoms with Crippen molar-refractivity contribution in [3.05, 3.63) is 52.1 Å². The number of aromatic nitrogens is 2. The minimum Gasteiger partial charge on any atom is -0.354 e. The van der Waals surface area contributed by atoms with Crippen LogP contribution in [0.4, 0.5) is 5.82 Å². The van der Waals surface area contributed by atoms with Gasteiger partial charge in [0, 0.05) is 18.6 Å². The third-order valence-corrected chi connectivity index (χ3v) is 2.75. The van der Waals surface area contributed by atoms with Crippen LogP contribution in [0.5, 0.6) is 0 Å². The smallest absolute Gasteiger partial charge is 0.151 e. The van der Waals surface area contributed by atoms with Crippen molar-refractivity contribution in [3.8, 4) is 0 Å². The summed E-state index contributed by atoms with van der Waals surface area (Å²) in [6.45, 7) is 0.719. The summed E-state index contributed by atoms with van der Waals surface area (Å²) in [5.74, 6) is 0.773. The molecule has 0 bridgehead atoms. The van der Waals surface area contributed by atoms with Gasteiger partial charge in [-0.2, -0.15) is 0 Å². The Balaban J connectivity index is 2.11. The van der Waals surface area contributed by atoms with E-state index in [-0.39, 0.29) is 0 Å². The second-order valence-electron chi connectivity index (χ2n) is 3.70. The van der Waals surface area contributed by atoms with Crippen LogP contribution in [0.25, 0.3) is 0 Å². The van der Waals surface area contributed by atoms with Gasteiger partial charge in [0.05, 0.1) is 0 Å². The molecule has 1 aromatic carbocycles. The van der Waals surface area contributed by atoms with Gasteiger partial charge in [-0.15, -0.1) is 10.2 Å². The largest absolute Gasteiger partial charge is 0.354 e. The molecule has 0 radical (unpaired) electrons. The van der Waals surface area contributed by atoms with E-state index in [4.69, 9.17) is 23.2 Å². The monoisotopic (exact) mass is 267 g/mol. The predicted molar refractivity (Wildman–Crippen MR) is 70.6 cm³/mol. The number of hydrogen-bond acceptors (Lipinski definition) is 3. The maximum atomic E-state index is 5.93. The lowest BCUT2D eigenvalue weighted by atomic mass is 10.2. The zero-order valence-electron chi connectivity index (χ0n) is 9.27. The highest BCUT2D eigenvalue weighted by Gasteiger charge is 2.04. The molecule has 88 valence electrons. The third-order valence-electron chi connectivity index (χ3n) is 2.32. The Morgan fingerprint density at radius 3 is 2.59 bits per heavy atom. The van der Waals surface area contributed by atoms with E-state index in [2.05, 4.69) is 10.2 Å². The molecule has 0 saturated carbocycles. The molecule has 2 rings (SSSR count). The highest BCUT2D eigenvalue weighted by atomic mass is 35.5. The van der Waals surface area contributed by atoms with Crippen molar-refractivity contribution >= 4 is 29.0 Å². The Bertz CT molecular complexity index is 499. The summed E-state index contributed by atoms with van der Waals surface area (Å²) in [4.78, 5) is 1.98. The Kier molecular flexibility index (Phi) is 3.82. The first kappa shape index (κ1) is 12.1. The quantitative estimate of drug-likeness (QED) is 0.854. The molecule has 3 nitrogen and oxygen atoms in total. The molecule has 0 N–H and O–H groups in total. The molecule has 0 aliphatic heterocycles. The van der Waals surface area contributed by atoms with Crippen molar-refractivity contribution in [1.29, 1.82) is 0 Å². The van der Waals surface area contributed by atoms with Crippen LogP contribution in [0.1, 0.15) is 5.56 Å². The van der Waals surface area contributed by atoms with Gasteiger partial charge in [0.1, 0.15) is 0 Å². The Morgan fingerprint density at radius 1 is 1.12 bits per heavy atom. The standard InChI is InChI=1S/C12H11Cl2N3/c1-17(12-6-5-11(14)15-16-12)8-9-3-2-4-10(13)7-9/h2-7H,8H2,1H3. The minimum absolute atomic E-state index is 0.393. The summed E-state index contributed by atoms with van der Waals surface area (Å²) in [6.07, 6.45) is 0. The molecule has 0 aliphatic carbocycles. The first-order valence-corrected chi connectivity index (χ1v) is 5.85. The van der Waals surface area contributed by atoms with Gasteiger partial charge in [-0.25, -0.2) is 0 Å². The molecular formula is C12H11Cl2N3. The zero-order valence-corrected chi connectivity index (χ0v) is 10.8. The molecule has 2 aromatic rings. The fraction of sp³-hybridized carbons (Fsp3) is 0.167. The molecule has 0 amide bonds. The van der Waals surface area contributed by atoms with Crippen LogP contribution in [0.3, 0.4) is 0 Å². The first-order valence-electron chi connectivity index (χ1n) is 5.10. The highest BCUT2D eigenvalue weighted by Crippen LogP contribution is 2.16. The summed E-state index contributed by atoms with van der Waals surface area (Å²) in [5, 5.41) is 8.94. The Hall–Kier alpha value is -1.32. The van der Waals surface area contributed by atoms with E-state index >= 15 is 0 Å². The topological polar surface area (TPSA) is 29.0 Å². The number of nitrogens with zero attached hydrogens (tertiary/aromatic N) is 3. The third kappa shape index (κ3) is 3.32. The number of rotatable bonds is 3. The van der Waals surface area contributed by atoms with E-state index in [0.717, 1.165) is 22.9 Å². The number of anilines is 1. The van der Waals surface area contributed by atoms with E-state index in [1.54, 1.807) is 6.07 Å². The lowest BCUT2D eigenvalue weighted by Crippen LogP contribution is -2.17. The van der Waals surface area contributed by atoms with Crippen molar-refractivity contribution in [2.24, 2.45) is 0 Å². The molecule has 1 heterocycles. The lowest BCUT2D eigenvalue weighted by molar-refractivity contribution is 0.866. The SMILES string of the molecule is CN(Cc1cccc(Cl)c1)c1ccc(Cl)nn1. The minimum atomic E-state index is 0.393. The zero-order chi connectivity index (χ0) is 12.3. The van der Waals surface area contributed by atoms with Crippen LogP contribution >= 0.6 is 23.2 Å². The maximum Gasteiger partial charge on any atom is 0.151 e. The second-order valence-corrected chi connectivity index (χ2v) is 4.52. The fourth-order valence-electron chi connectivity index (χ4n) is 1.50. The van der Waals surface area contributed by atoms with Crippen LogP contribution in [-0.2, 0) is 6.54 Å². The van der Waals surface area contributed by atoms with Gasteiger partial charge in [-0.05, 0) is 29.8 Å². The molecule has 0 spiro atoms. The summed E-state index contributed by atoms with van der Waals surface area (Å²) in [5.41, 5.74) is 1.12. The van der Waals surface area contributed by atoms with Gasteiger partial charge in [0.25, 0.3) is 0 Å². The van der Waals surface area contributed by atoms with Crippen molar-refractivity contribution in [2.45, 2.75) is 6.54 Å². The Labute approximate surface area is 110 Å². The first-order chi connectivity index (χ1) is 8.15. The summed E-state index contributed by atoms with van der Waals surface area (Å²) >= 11 is 11.6. The van der Waals surface area contributed by atoms with Crippen LogP contribution in [-0.4, -0.2) is 17.2 Å². The second kappa shape index (κ2) is 5.34. The maximum absolute atomic E-state index is 5.93. The van der Waals surface area contributed by atoms with E-state index in [1.807, 2.05) is 42.3 Å². The summed E-state index contributed by atoms with van der Waals surface area (Å²) in [6, 6.07) is 11.3. The number of hydrogen-bond donors (Lipinski definition) is 0. The van der Waals surface area contributed by atoms with Crippen molar-refractivity contribution in [3.63, 3.8) is 0 Å². The number of benzene rings is 1. The van der Waals surface area contributed by atoms with Gasteiger partial charge in [0.15, 0.2) is 11.0 Å². The molecule has 17 heavy (non-hydrogen) atoms. The summed E-state index contributed by atoms with van der Waals surface area (Å²) in [7, 11) is 1.94. The van der Waals surface area contributed by atoms with E-state index in [0.29, 0.717) is 5.15 Å². The van der Waals surface area contributed by atoms with E-state index < -0.39 is 0 Å². The molecular weight excluding hydrogens is 257 g/mol. The van der Waals surface area contributed by atoms with Gasteiger partial charge in [0.2, 0.25) is 0 Å². The van der Waals surface area contributed by atoms with Crippen molar-refractivity contribution < 1.29 is 0 Å². The van der Waals surface area contributed by atoms with Crippen LogP contribution in [0.15, 0.2) is 36.4 Å². The molecule has 0 saturated heterocycles.